The molecule has 0 saturated carbocycles. The third kappa shape index (κ3) is 2.03. The highest BCUT2D eigenvalue weighted by molar-refractivity contribution is 7.11. The molecule has 0 aliphatic carbocycles. The molecule has 1 aliphatic heterocycles. The predicted octanol–water partition coefficient (Wildman–Crippen LogP) is 2.26. The molecule has 3 nitrogen and oxygen atoms in total. The van der Waals surface area contributed by atoms with E-state index in [2.05, 4.69) is 41.1 Å². The van der Waals surface area contributed by atoms with Gasteiger partial charge >= 0.3 is 0 Å². The zero-order valence-electron chi connectivity index (χ0n) is 10.3. The molecule has 0 fully saturated rings. The van der Waals surface area contributed by atoms with E-state index in [1.54, 1.807) is 0 Å². The first kappa shape index (κ1) is 11.0. The third-order valence-corrected chi connectivity index (χ3v) is 4.30. The van der Waals surface area contributed by atoms with Gasteiger partial charge in [-0.25, -0.2) is 0 Å². The van der Waals surface area contributed by atoms with Crippen molar-refractivity contribution in [2.24, 2.45) is 0 Å². The van der Waals surface area contributed by atoms with Crippen molar-refractivity contribution in [3.63, 3.8) is 0 Å². The van der Waals surface area contributed by atoms with Crippen LogP contribution in [0.2, 0.25) is 0 Å². The summed E-state index contributed by atoms with van der Waals surface area (Å²) in [7, 11) is 0. The lowest BCUT2D eigenvalue weighted by Gasteiger charge is -2.15. The first-order chi connectivity index (χ1) is 8.24. The normalized spacial score (nSPS) is 14.9. The molecule has 0 unspecified atom stereocenters. The zero-order valence-corrected chi connectivity index (χ0v) is 11.1. The molecule has 4 heteroatoms. The van der Waals surface area contributed by atoms with Crippen LogP contribution in [-0.4, -0.2) is 16.3 Å². The van der Waals surface area contributed by atoms with Crippen molar-refractivity contribution in [1.82, 2.24) is 15.1 Å². The molecular weight excluding hydrogens is 230 g/mol. The van der Waals surface area contributed by atoms with Crippen LogP contribution in [0.3, 0.4) is 0 Å². The quantitative estimate of drug-likeness (QED) is 0.882. The minimum atomic E-state index is 0.913. The largest absolute Gasteiger partial charge is 0.311 e. The van der Waals surface area contributed by atoms with Gasteiger partial charge in [0, 0.05) is 16.3 Å². The van der Waals surface area contributed by atoms with Gasteiger partial charge in [0.25, 0.3) is 0 Å². The maximum absolute atomic E-state index is 4.68. The van der Waals surface area contributed by atoms with Crippen molar-refractivity contribution in [2.45, 2.75) is 33.4 Å². The maximum Gasteiger partial charge on any atom is 0.0756 e. The van der Waals surface area contributed by atoms with Gasteiger partial charge < -0.3 is 5.32 Å². The summed E-state index contributed by atoms with van der Waals surface area (Å²) in [5.74, 6) is 0. The summed E-state index contributed by atoms with van der Waals surface area (Å²) in [5, 5.41) is 8.11. The van der Waals surface area contributed by atoms with Gasteiger partial charge in [0.1, 0.15) is 0 Å². The summed E-state index contributed by atoms with van der Waals surface area (Å²) in [6.07, 6.45) is 1.12. The van der Waals surface area contributed by atoms with Gasteiger partial charge in [-0.15, -0.1) is 11.3 Å². The lowest BCUT2D eigenvalue weighted by molar-refractivity contribution is 0.572. The second kappa shape index (κ2) is 4.27. The Morgan fingerprint density at radius 2 is 2.29 bits per heavy atom. The van der Waals surface area contributed by atoms with Crippen LogP contribution in [0.5, 0.6) is 0 Å². The van der Waals surface area contributed by atoms with Crippen molar-refractivity contribution >= 4 is 11.3 Å². The van der Waals surface area contributed by atoms with E-state index in [9.17, 15) is 0 Å². The van der Waals surface area contributed by atoms with Crippen molar-refractivity contribution < 1.29 is 0 Å². The van der Waals surface area contributed by atoms with Gasteiger partial charge in [0.2, 0.25) is 0 Å². The summed E-state index contributed by atoms with van der Waals surface area (Å²) >= 11 is 1.86. The SMILES string of the molecule is Cc1ccc(Cn2nc(C)c3c2CNCC3)s1. The van der Waals surface area contributed by atoms with Crippen LogP contribution in [0.25, 0.3) is 0 Å². The van der Waals surface area contributed by atoms with Crippen LogP contribution in [0.15, 0.2) is 12.1 Å². The lowest BCUT2D eigenvalue weighted by atomic mass is 10.1. The summed E-state index contributed by atoms with van der Waals surface area (Å²) in [4.78, 5) is 2.76. The number of fused-ring (bicyclic) bond motifs is 1. The van der Waals surface area contributed by atoms with Crippen LogP contribution >= 0.6 is 11.3 Å². The molecule has 0 aromatic carbocycles. The summed E-state index contributed by atoms with van der Waals surface area (Å²) in [5.41, 5.74) is 4.03. The fourth-order valence-corrected chi connectivity index (χ4v) is 3.33. The molecule has 0 spiro atoms. The van der Waals surface area contributed by atoms with Crippen LogP contribution in [-0.2, 0) is 19.5 Å². The number of aromatic nitrogens is 2. The Bertz CT molecular complexity index is 539. The Morgan fingerprint density at radius 1 is 1.41 bits per heavy atom. The molecule has 0 saturated heterocycles. The summed E-state index contributed by atoms with van der Waals surface area (Å²) in [6.45, 7) is 7.23. The van der Waals surface area contributed by atoms with Gasteiger partial charge in [-0.05, 0) is 44.5 Å². The lowest BCUT2D eigenvalue weighted by Crippen LogP contribution is -2.25. The van der Waals surface area contributed by atoms with E-state index in [1.807, 2.05) is 11.3 Å². The average Bonchev–Trinajstić information content (AvgIpc) is 2.86. The molecule has 17 heavy (non-hydrogen) atoms. The van der Waals surface area contributed by atoms with Crippen molar-refractivity contribution in [1.29, 1.82) is 0 Å². The summed E-state index contributed by atoms with van der Waals surface area (Å²) < 4.78 is 2.17. The molecule has 0 amide bonds. The molecule has 90 valence electrons. The monoisotopic (exact) mass is 247 g/mol. The minimum Gasteiger partial charge on any atom is -0.311 e. The molecule has 2 aromatic rings. The fraction of sp³-hybridized carbons (Fsp3) is 0.462. The van der Waals surface area contributed by atoms with Gasteiger partial charge in [-0.2, -0.15) is 5.10 Å². The van der Waals surface area contributed by atoms with Gasteiger partial charge in [-0.3, -0.25) is 4.68 Å². The predicted molar refractivity (Wildman–Crippen MR) is 70.5 cm³/mol. The number of hydrogen-bond acceptors (Lipinski definition) is 3. The number of nitrogens with one attached hydrogen (secondary N) is 1. The average molecular weight is 247 g/mol. The number of aryl methyl sites for hydroxylation is 2. The fourth-order valence-electron chi connectivity index (χ4n) is 2.46. The molecule has 0 bridgehead atoms. The van der Waals surface area contributed by atoms with Crippen LogP contribution in [0.1, 0.15) is 26.7 Å². The molecule has 3 heterocycles. The van der Waals surface area contributed by atoms with Crippen molar-refractivity contribution in [2.75, 3.05) is 6.54 Å². The van der Waals surface area contributed by atoms with E-state index < -0.39 is 0 Å². The Labute approximate surface area is 105 Å². The van der Waals surface area contributed by atoms with E-state index in [0.717, 1.165) is 26.1 Å². The number of thiophene rings is 1. The molecule has 1 aliphatic rings. The van der Waals surface area contributed by atoms with Crippen molar-refractivity contribution in [3.8, 4) is 0 Å². The van der Waals surface area contributed by atoms with Crippen LogP contribution in [0, 0.1) is 13.8 Å². The Kier molecular flexibility index (Phi) is 2.76. The van der Waals surface area contributed by atoms with Gasteiger partial charge in [0.15, 0.2) is 0 Å². The van der Waals surface area contributed by atoms with Gasteiger partial charge in [-0.1, -0.05) is 0 Å². The molecule has 1 N–H and O–H groups in total. The molecule has 2 aromatic heterocycles. The number of rotatable bonds is 2. The van der Waals surface area contributed by atoms with Crippen molar-refractivity contribution in [3.05, 3.63) is 38.8 Å². The maximum atomic E-state index is 4.68. The highest BCUT2D eigenvalue weighted by Crippen LogP contribution is 2.21. The highest BCUT2D eigenvalue weighted by atomic mass is 32.1. The number of nitrogens with zero attached hydrogens (tertiary/aromatic N) is 2. The van der Waals surface area contributed by atoms with E-state index in [-0.39, 0.29) is 0 Å². The Balaban J connectivity index is 1.93. The standard InChI is InChI=1S/C13H17N3S/c1-9-3-4-11(17-9)8-16-13-7-14-6-5-12(13)10(2)15-16/h3-4,14H,5-8H2,1-2H3. The van der Waals surface area contributed by atoms with E-state index in [0.29, 0.717) is 0 Å². The minimum absolute atomic E-state index is 0.913. The molecule has 0 atom stereocenters. The van der Waals surface area contributed by atoms with E-state index in [1.165, 1.54) is 26.7 Å². The second-order valence-electron chi connectivity index (χ2n) is 4.61. The molecule has 0 radical (unpaired) electrons. The molecular formula is C13H17N3S. The van der Waals surface area contributed by atoms with Gasteiger partial charge in [0.05, 0.1) is 17.9 Å². The highest BCUT2D eigenvalue weighted by Gasteiger charge is 2.18. The second-order valence-corrected chi connectivity index (χ2v) is 5.98. The van der Waals surface area contributed by atoms with E-state index >= 15 is 0 Å². The topological polar surface area (TPSA) is 29.9 Å². The molecule has 3 rings (SSSR count). The first-order valence-corrected chi connectivity index (χ1v) is 6.87. The Morgan fingerprint density at radius 3 is 3.06 bits per heavy atom. The van der Waals surface area contributed by atoms with Crippen LogP contribution < -0.4 is 5.32 Å². The third-order valence-electron chi connectivity index (χ3n) is 3.31. The first-order valence-electron chi connectivity index (χ1n) is 6.05. The van der Waals surface area contributed by atoms with Crippen LogP contribution in [0.4, 0.5) is 0 Å². The Hall–Kier alpha value is -1.13. The smallest absolute Gasteiger partial charge is 0.0756 e. The number of hydrogen-bond donors (Lipinski definition) is 1. The van der Waals surface area contributed by atoms with E-state index in [4.69, 9.17) is 0 Å². The summed E-state index contributed by atoms with van der Waals surface area (Å²) in [6, 6.07) is 4.39. The zero-order chi connectivity index (χ0) is 11.8.